The van der Waals surface area contributed by atoms with Crippen molar-refractivity contribution in [2.24, 2.45) is 0 Å². The van der Waals surface area contributed by atoms with Gasteiger partial charge in [0.15, 0.2) is 0 Å². The van der Waals surface area contributed by atoms with Crippen molar-refractivity contribution in [3.8, 4) is 5.75 Å². The van der Waals surface area contributed by atoms with Crippen LogP contribution in [0.25, 0.3) is 0 Å². The van der Waals surface area contributed by atoms with Crippen LogP contribution < -0.4 is 5.32 Å². The van der Waals surface area contributed by atoms with Gasteiger partial charge in [0.05, 0.1) is 0 Å². The predicted octanol–water partition coefficient (Wildman–Crippen LogP) is 3.77. The van der Waals surface area contributed by atoms with E-state index in [2.05, 4.69) is 21.2 Å². The Kier molecular flexibility index (Phi) is 3.47. The number of hydrogen-bond donors (Lipinski definition) is 2. The average Bonchev–Trinajstić information content (AvgIpc) is 2.28. The van der Waals surface area contributed by atoms with Crippen molar-refractivity contribution in [2.45, 2.75) is 6.54 Å². The Labute approximate surface area is 103 Å². The summed E-state index contributed by atoms with van der Waals surface area (Å²) in [7, 11) is 0. The summed E-state index contributed by atoms with van der Waals surface area (Å²) >= 11 is 3.39. The molecule has 0 fully saturated rings. The van der Waals surface area contributed by atoms with Gasteiger partial charge in [0.1, 0.15) is 5.75 Å². The van der Waals surface area contributed by atoms with Crippen LogP contribution in [0.4, 0.5) is 5.69 Å². The fraction of sp³-hybridized carbons (Fsp3) is 0.0769. The number of aromatic hydroxyl groups is 1. The first-order valence-electron chi connectivity index (χ1n) is 5.01. The van der Waals surface area contributed by atoms with Gasteiger partial charge in [0, 0.05) is 16.7 Å². The van der Waals surface area contributed by atoms with Gasteiger partial charge in [-0.05, 0) is 42.0 Å². The van der Waals surface area contributed by atoms with Gasteiger partial charge in [-0.15, -0.1) is 0 Å². The van der Waals surface area contributed by atoms with Crippen molar-refractivity contribution in [1.29, 1.82) is 0 Å². The molecule has 0 aliphatic carbocycles. The summed E-state index contributed by atoms with van der Waals surface area (Å²) in [6.07, 6.45) is 0. The molecule has 2 aromatic rings. The lowest BCUT2D eigenvalue weighted by molar-refractivity contribution is 0.474. The number of halogens is 1. The van der Waals surface area contributed by atoms with Crippen molar-refractivity contribution >= 4 is 21.6 Å². The zero-order chi connectivity index (χ0) is 11.4. The van der Waals surface area contributed by atoms with Crippen LogP contribution in [0.15, 0.2) is 53.0 Å². The first-order valence-corrected chi connectivity index (χ1v) is 5.81. The van der Waals surface area contributed by atoms with Gasteiger partial charge in [0.25, 0.3) is 0 Å². The largest absolute Gasteiger partial charge is 0.508 e. The van der Waals surface area contributed by atoms with Crippen LogP contribution >= 0.6 is 15.9 Å². The number of hydrogen-bond acceptors (Lipinski definition) is 2. The number of phenols is 1. The molecule has 82 valence electrons. The molecule has 0 atom stereocenters. The van der Waals surface area contributed by atoms with Gasteiger partial charge in [-0.1, -0.05) is 28.1 Å². The molecule has 0 spiro atoms. The molecule has 2 aromatic carbocycles. The molecule has 2 rings (SSSR count). The Bertz CT molecular complexity index is 468. The number of anilines is 1. The molecular formula is C13H12BrNO. The summed E-state index contributed by atoms with van der Waals surface area (Å²) in [4.78, 5) is 0. The molecule has 0 aromatic heterocycles. The summed E-state index contributed by atoms with van der Waals surface area (Å²) < 4.78 is 1.07. The molecule has 0 unspecified atom stereocenters. The lowest BCUT2D eigenvalue weighted by Gasteiger charge is -2.06. The molecule has 2 N–H and O–H groups in total. The fourth-order valence-electron chi connectivity index (χ4n) is 1.44. The van der Waals surface area contributed by atoms with E-state index in [1.165, 1.54) is 0 Å². The number of phenolic OH excluding ortho intramolecular Hbond substituents is 1. The van der Waals surface area contributed by atoms with E-state index in [0.717, 1.165) is 15.7 Å². The second-order valence-electron chi connectivity index (χ2n) is 3.53. The van der Waals surface area contributed by atoms with Crippen molar-refractivity contribution in [2.75, 3.05) is 5.32 Å². The molecule has 3 heteroatoms. The minimum absolute atomic E-state index is 0.301. The van der Waals surface area contributed by atoms with Gasteiger partial charge in [-0.25, -0.2) is 0 Å². The second kappa shape index (κ2) is 5.03. The number of benzene rings is 2. The molecule has 0 bridgehead atoms. The van der Waals surface area contributed by atoms with Crippen LogP contribution in [0.5, 0.6) is 5.75 Å². The zero-order valence-corrected chi connectivity index (χ0v) is 10.2. The molecular weight excluding hydrogens is 266 g/mol. The van der Waals surface area contributed by atoms with E-state index in [-0.39, 0.29) is 0 Å². The Morgan fingerprint density at radius 2 is 1.81 bits per heavy atom. The van der Waals surface area contributed by atoms with Crippen molar-refractivity contribution < 1.29 is 5.11 Å². The SMILES string of the molecule is Oc1cccc(CNc2ccc(Br)cc2)c1. The summed E-state index contributed by atoms with van der Waals surface area (Å²) in [5, 5.41) is 12.6. The standard InChI is InChI=1S/C13H12BrNO/c14-11-4-6-12(7-5-11)15-9-10-2-1-3-13(16)8-10/h1-8,15-16H,9H2. The van der Waals surface area contributed by atoms with E-state index in [0.29, 0.717) is 12.3 Å². The Hall–Kier alpha value is -1.48. The fourth-order valence-corrected chi connectivity index (χ4v) is 1.70. The van der Waals surface area contributed by atoms with E-state index >= 15 is 0 Å². The normalized spacial score (nSPS) is 10.1. The maximum Gasteiger partial charge on any atom is 0.115 e. The highest BCUT2D eigenvalue weighted by molar-refractivity contribution is 9.10. The summed E-state index contributed by atoms with van der Waals surface area (Å²) in [5.41, 5.74) is 2.12. The quantitative estimate of drug-likeness (QED) is 0.895. The van der Waals surface area contributed by atoms with Crippen LogP contribution in [-0.2, 0) is 6.54 Å². The van der Waals surface area contributed by atoms with Crippen LogP contribution in [0.2, 0.25) is 0 Å². The Morgan fingerprint density at radius 3 is 2.50 bits per heavy atom. The van der Waals surface area contributed by atoms with Crippen LogP contribution in [0, 0.1) is 0 Å². The van der Waals surface area contributed by atoms with Crippen molar-refractivity contribution in [3.63, 3.8) is 0 Å². The first-order chi connectivity index (χ1) is 7.74. The zero-order valence-electron chi connectivity index (χ0n) is 8.65. The monoisotopic (exact) mass is 277 g/mol. The molecule has 0 amide bonds. The van der Waals surface area contributed by atoms with E-state index in [1.54, 1.807) is 12.1 Å². The Morgan fingerprint density at radius 1 is 1.06 bits per heavy atom. The van der Waals surface area contributed by atoms with Gasteiger partial charge < -0.3 is 10.4 Å². The summed E-state index contributed by atoms with van der Waals surface area (Å²) in [6, 6.07) is 15.2. The third-order valence-corrected chi connectivity index (χ3v) is 2.78. The van der Waals surface area contributed by atoms with E-state index in [9.17, 15) is 5.11 Å². The van der Waals surface area contributed by atoms with Crippen LogP contribution in [0.3, 0.4) is 0 Å². The van der Waals surface area contributed by atoms with Crippen molar-refractivity contribution in [1.82, 2.24) is 0 Å². The number of rotatable bonds is 3. The van der Waals surface area contributed by atoms with Gasteiger partial charge >= 0.3 is 0 Å². The van der Waals surface area contributed by atoms with E-state index < -0.39 is 0 Å². The lowest BCUT2D eigenvalue weighted by Crippen LogP contribution is -1.98. The van der Waals surface area contributed by atoms with Crippen LogP contribution in [-0.4, -0.2) is 5.11 Å². The molecule has 16 heavy (non-hydrogen) atoms. The maximum absolute atomic E-state index is 9.31. The third kappa shape index (κ3) is 3.00. The minimum Gasteiger partial charge on any atom is -0.508 e. The van der Waals surface area contributed by atoms with Crippen LogP contribution in [0.1, 0.15) is 5.56 Å². The molecule has 0 aliphatic rings. The molecule has 0 heterocycles. The highest BCUT2D eigenvalue weighted by Gasteiger charge is 1.95. The molecule has 0 radical (unpaired) electrons. The number of nitrogens with one attached hydrogen (secondary N) is 1. The highest BCUT2D eigenvalue weighted by Crippen LogP contribution is 2.16. The first kappa shape index (κ1) is 11.0. The lowest BCUT2D eigenvalue weighted by atomic mass is 10.2. The van der Waals surface area contributed by atoms with Gasteiger partial charge in [0.2, 0.25) is 0 Å². The van der Waals surface area contributed by atoms with Gasteiger partial charge in [-0.2, -0.15) is 0 Å². The minimum atomic E-state index is 0.301. The predicted molar refractivity (Wildman–Crippen MR) is 69.6 cm³/mol. The van der Waals surface area contributed by atoms with E-state index in [4.69, 9.17) is 0 Å². The topological polar surface area (TPSA) is 32.3 Å². The molecule has 0 saturated carbocycles. The summed E-state index contributed by atoms with van der Waals surface area (Å²) in [5.74, 6) is 0.301. The third-order valence-electron chi connectivity index (χ3n) is 2.25. The maximum atomic E-state index is 9.31. The molecule has 2 nitrogen and oxygen atoms in total. The molecule has 0 aliphatic heterocycles. The smallest absolute Gasteiger partial charge is 0.115 e. The van der Waals surface area contributed by atoms with E-state index in [1.807, 2.05) is 36.4 Å². The summed E-state index contributed by atoms with van der Waals surface area (Å²) in [6.45, 7) is 0.704. The molecule has 0 saturated heterocycles. The highest BCUT2D eigenvalue weighted by atomic mass is 79.9. The van der Waals surface area contributed by atoms with Crippen molar-refractivity contribution in [3.05, 3.63) is 58.6 Å². The second-order valence-corrected chi connectivity index (χ2v) is 4.45. The average molecular weight is 278 g/mol. The van der Waals surface area contributed by atoms with Gasteiger partial charge in [-0.3, -0.25) is 0 Å². The Balaban J connectivity index is 1.99.